The van der Waals surface area contributed by atoms with Crippen molar-refractivity contribution in [2.24, 2.45) is 17.8 Å². The molecule has 28 heavy (non-hydrogen) atoms. The van der Waals surface area contributed by atoms with Gasteiger partial charge in [0.2, 0.25) is 5.91 Å². The van der Waals surface area contributed by atoms with Crippen molar-refractivity contribution in [2.45, 2.75) is 37.9 Å². The summed E-state index contributed by atoms with van der Waals surface area (Å²) in [5, 5.41) is 5.50. The van der Waals surface area contributed by atoms with Crippen LogP contribution in [0.15, 0.2) is 48.5 Å². The molecule has 2 N–H and O–H groups in total. The summed E-state index contributed by atoms with van der Waals surface area (Å²) < 4.78 is 0. The minimum absolute atomic E-state index is 0.0390. The molecule has 2 aromatic carbocycles. The van der Waals surface area contributed by atoms with Gasteiger partial charge in [-0.3, -0.25) is 20.3 Å². The highest BCUT2D eigenvalue weighted by Crippen LogP contribution is 2.54. The third-order valence-corrected chi connectivity index (χ3v) is 7.38. The first-order valence-corrected chi connectivity index (χ1v) is 10.2. The summed E-state index contributed by atoms with van der Waals surface area (Å²) >= 11 is 0. The fourth-order valence-corrected chi connectivity index (χ4v) is 6.13. The number of fused-ring (bicyclic) bond motifs is 8. The Morgan fingerprint density at radius 1 is 1.00 bits per heavy atom. The third-order valence-electron chi connectivity index (χ3n) is 7.38. The Morgan fingerprint density at radius 3 is 2.57 bits per heavy atom. The molecule has 2 heterocycles. The maximum absolute atomic E-state index is 13.7. The van der Waals surface area contributed by atoms with Crippen molar-refractivity contribution < 1.29 is 9.59 Å². The van der Waals surface area contributed by atoms with E-state index in [-0.39, 0.29) is 23.8 Å². The summed E-state index contributed by atoms with van der Waals surface area (Å²) in [5.74, 6) is 0.769. The van der Waals surface area contributed by atoms with Crippen molar-refractivity contribution >= 4 is 11.8 Å². The Bertz CT molecular complexity index is 1000. The molecule has 3 fully saturated rings. The second kappa shape index (κ2) is 5.45. The topological polar surface area (TPSA) is 61.4 Å². The zero-order valence-electron chi connectivity index (χ0n) is 15.8. The molecular weight excluding hydrogens is 350 g/mol. The Morgan fingerprint density at radius 2 is 1.75 bits per heavy atom. The summed E-state index contributed by atoms with van der Waals surface area (Å²) in [6, 6.07) is 16.1. The van der Waals surface area contributed by atoms with Gasteiger partial charge in [-0.2, -0.15) is 0 Å². The Balaban J connectivity index is 1.61. The SMILES string of the molecule is Cc1ccc([C@]23N[C@H]4[C@@H]5CC[C@@H](C5)[C@H]4C(=O)N2NC(=O)c2ccccc23)cc1. The molecule has 2 amide bonds. The van der Waals surface area contributed by atoms with E-state index < -0.39 is 5.66 Å². The number of rotatable bonds is 1. The molecule has 0 radical (unpaired) electrons. The van der Waals surface area contributed by atoms with Crippen LogP contribution in [0, 0.1) is 24.7 Å². The van der Waals surface area contributed by atoms with Crippen LogP contribution in [0.2, 0.25) is 0 Å². The van der Waals surface area contributed by atoms with Gasteiger partial charge in [-0.15, -0.1) is 0 Å². The second-order valence-electron chi connectivity index (χ2n) is 8.77. The number of hydrogen-bond acceptors (Lipinski definition) is 3. The zero-order valence-corrected chi connectivity index (χ0v) is 15.8. The molecule has 2 aromatic rings. The molecule has 4 aliphatic rings. The fourth-order valence-electron chi connectivity index (χ4n) is 6.13. The van der Waals surface area contributed by atoms with Crippen molar-refractivity contribution in [1.29, 1.82) is 0 Å². The highest BCUT2D eigenvalue weighted by molar-refractivity contribution is 6.00. The predicted octanol–water partition coefficient (Wildman–Crippen LogP) is 2.70. The highest BCUT2D eigenvalue weighted by Gasteiger charge is 2.63. The van der Waals surface area contributed by atoms with Crippen LogP contribution in [-0.4, -0.2) is 22.9 Å². The van der Waals surface area contributed by atoms with E-state index >= 15 is 0 Å². The lowest BCUT2D eigenvalue weighted by molar-refractivity contribution is -0.159. The van der Waals surface area contributed by atoms with E-state index in [1.807, 2.05) is 24.3 Å². The van der Waals surface area contributed by atoms with E-state index in [9.17, 15) is 9.59 Å². The molecule has 6 rings (SSSR count). The van der Waals surface area contributed by atoms with Crippen LogP contribution in [0.4, 0.5) is 0 Å². The third kappa shape index (κ3) is 1.90. The molecule has 2 aliphatic heterocycles. The zero-order chi connectivity index (χ0) is 19.0. The fraction of sp³-hybridized carbons (Fsp3) is 0.391. The molecule has 5 nitrogen and oxygen atoms in total. The van der Waals surface area contributed by atoms with E-state index in [1.54, 1.807) is 5.01 Å². The van der Waals surface area contributed by atoms with Crippen LogP contribution in [0.3, 0.4) is 0 Å². The number of hydrogen-bond donors (Lipinski definition) is 2. The summed E-state index contributed by atoms with van der Waals surface area (Å²) in [6.07, 6.45) is 3.42. The quantitative estimate of drug-likeness (QED) is 0.808. The molecule has 2 aliphatic carbocycles. The molecule has 5 atom stereocenters. The normalized spacial score (nSPS) is 35.2. The summed E-state index contributed by atoms with van der Waals surface area (Å²) in [5.41, 5.74) is 5.71. The van der Waals surface area contributed by atoms with Crippen LogP contribution < -0.4 is 10.7 Å². The first-order valence-electron chi connectivity index (χ1n) is 10.2. The smallest absolute Gasteiger partial charge is 0.270 e. The van der Waals surface area contributed by atoms with E-state index in [2.05, 4.69) is 41.9 Å². The first kappa shape index (κ1) is 16.3. The number of nitrogens with zero attached hydrogens (tertiary/aromatic N) is 1. The van der Waals surface area contributed by atoms with E-state index in [0.29, 0.717) is 17.4 Å². The molecule has 0 spiro atoms. The van der Waals surface area contributed by atoms with Gasteiger partial charge in [-0.05, 0) is 49.7 Å². The van der Waals surface area contributed by atoms with Crippen molar-refractivity contribution in [1.82, 2.24) is 15.8 Å². The molecule has 142 valence electrons. The average Bonchev–Trinajstić information content (AvgIpc) is 3.32. The largest absolute Gasteiger partial charge is 0.282 e. The van der Waals surface area contributed by atoms with Crippen molar-refractivity contribution in [2.75, 3.05) is 0 Å². The minimum Gasteiger partial charge on any atom is -0.282 e. The number of aryl methyl sites for hydroxylation is 1. The van der Waals surface area contributed by atoms with E-state index in [0.717, 1.165) is 24.0 Å². The summed E-state index contributed by atoms with van der Waals surface area (Å²) in [7, 11) is 0. The predicted molar refractivity (Wildman–Crippen MR) is 104 cm³/mol. The number of carbonyl (C=O) groups excluding carboxylic acids is 2. The lowest BCUT2D eigenvalue weighted by Gasteiger charge is -2.55. The van der Waals surface area contributed by atoms with Crippen LogP contribution >= 0.6 is 0 Å². The Hall–Kier alpha value is -2.66. The van der Waals surface area contributed by atoms with Gasteiger partial charge < -0.3 is 0 Å². The molecule has 2 bridgehead atoms. The number of benzene rings is 2. The Kier molecular flexibility index (Phi) is 3.17. The monoisotopic (exact) mass is 373 g/mol. The minimum atomic E-state index is -0.860. The molecule has 1 saturated heterocycles. The number of hydrazine groups is 1. The molecular formula is C23H23N3O2. The van der Waals surface area contributed by atoms with E-state index in [1.165, 1.54) is 12.0 Å². The maximum Gasteiger partial charge on any atom is 0.270 e. The summed E-state index contributed by atoms with van der Waals surface area (Å²) in [6.45, 7) is 2.06. The average molecular weight is 373 g/mol. The van der Waals surface area contributed by atoms with Crippen molar-refractivity contribution in [3.8, 4) is 0 Å². The molecule has 0 aromatic heterocycles. The molecule has 2 saturated carbocycles. The standard InChI is InChI=1S/C23H23N3O2/c1-13-6-10-16(11-7-13)23-18-5-3-2-4-17(18)21(27)25-26(23)22(28)19-14-8-9-15(12-14)20(19)24-23/h2-7,10-11,14-15,19-20,24H,8-9,12H2,1H3,(H,25,27)/t14-,15+,19+,20-,23-/m0/s1. The highest BCUT2D eigenvalue weighted by atomic mass is 16.2. The van der Waals surface area contributed by atoms with Crippen LogP contribution in [-0.2, 0) is 10.5 Å². The maximum atomic E-state index is 13.7. The first-order chi connectivity index (χ1) is 13.6. The van der Waals surface area contributed by atoms with Crippen LogP contribution in [0.5, 0.6) is 0 Å². The lowest BCUT2D eigenvalue weighted by Crippen LogP contribution is -2.76. The van der Waals surface area contributed by atoms with Crippen molar-refractivity contribution in [3.05, 3.63) is 70.8 Å². The molecule has 5 heteroatoms. The van der Waals surface area contributed by atoms with Gasteiger partial charge in [0.15, 0.2) is 5.66 Å². The van der Waals surface area contributed by atoms with Crippen molar-refractivity contribution in [3.63, 3.8) is 0 Å². The number of amides is 2. The second-order valence-corrected chi connectivity index (χ2v) is 8.77. The summed E-state index contributed by atoms with van der Waals surface area (Å²) in [4.78, 5) is 26.5. The van der Waals surface area contributed by atoms with Gasteiger partial charge in [-0.1, -0.05) is 48.0 Å². The van der Waals surface area contributed by atoms with Gasteiger partial charge in [0, 0.05) is 17.2 Å². The number of nitrogens with one attached hydrogen (secondary N) is 2. The molecule has 0 unspecified atom stereocenters. The van der Waals surface area contributed by atoms with Crippen LogP contribution in [0.1, 0.15) is 46.3 Å². The lowest BCUT2D eigenvalue weighted by atomic mass is 9.75. The van der Waals surface area contributed by atoms with Crippen LogP contribution in [0.25, 0.3) is 0 Å². The number of carbonyl (C=O) groups is 2. The Labute approximate surface area is 164 Å². The van der Waals surface area contributed by atoms with Gasteiger partial charge in [0.05, 0.1) is 5.92 Å². The van der Waals surface area contributed by atoms with Gasteiger partial charge in [-0.25, -0.2) is 5.01 Å². The van der Waals surface area contributed by atoms with Gasteiger partial charge in [0.25, 0.3) is 5.91 Å². The van der Waals surface area contributed by atoms with E-state index in [4.69, 9.17) is 0 Å². The van der Waals surface area contributed by atoms with Gasteiger partial charge >= 0.3 is 0 Å². The van der Waals surface area contributed by atoms with Gasteiger partial charge in [0.1, 0.15) is 0 Å².